The van der Waals surface area contributed by atoms with Crippen LogP contribution in [0.5, 0.6) is 11.5 Å². The minimum absolute atomic E-state index is 0.0209. The van der Waals surface area contributed by atoms with Gasteiger partial charge in [-0.25, -0.2) is 14.0 Å². The summed E-state index contributed by atoms with van der Waals surface area (Å²) in [6.07, 6.45) is -0.578. The summed E-state index contributed by atoms with van der Waals surface area (Å²) in [5.41, 5.74) is 6.28. The molecule has 1 unspecified atom stereocenters. The maximum Gasteiger partial charge on any atom is 0.332 e. The van der Waals surface area contributed by atoms with Crippen molar-refractivity contribution in [3.8, 4) is 17.6 Å². The second-order valence-corrected chi connectivity index (χ2v) is 15.3. The molecule has 5 rings (SSSR count). The molecule has 3 aromatic carbocycles. The summed E-state index contributed by atoms with van der Waals surface area (Å²) < 4.78 is 41.3. The molecule has 1 aromatic heterocycles. The fourth-order valence-corrected chi connectivity index (χ4v) is 8.78. The summed E-state index contributed by atoms with van der Waals surface area (Å²) in [4.78, 5) is 29.9. The fourth-order valence-electron chi connectivity index (χ4n) is 7.02. The lowest BCUT2D eigenvalue weighted by atomic mass is 9.80. The number of allylic oxidation sites excluding steroid dienone is 1. The van der Waals surface area contributed by atoms with Gasteiger partial charge in [0.25, 0.3) is 14.1 Å². The number of hydrogen-bond acceptors (Lipinski definition) is 11. The van der Waals surface area contributed by atoms with Gasteiger partial charge >= 0.3 is 5.69 Å². The number of ether oxygens (including phenoxy) is 4. The van der Waals surface area contributed by atoms with Crippen molar-refractivity contribution < 1.29 is 28.0 Å². The number of rotatable bonds is 19. The topological polar surface area (TPSA) is 163 Å². The standard InChI is InChI=1S/C42H52N5O8P/c1-8-13-35-39(44)45-41(49)46(40(35)48)38-26-36(55-56(53-25-12-24-43)47(28(2)3)29(4)5)37(54-38)27-52-42(30-14-10-9-11-15-30,31-16-20-33(50-6)21-17-31)32-18-22-34(51-7)23-19-32/h8-11,14-23,28-29,36-38H,1,12-13,25-27,44H2,2-7H3,(H,45,49)/t36-,37+,38+,56?/m0/s1. The molecule has 1 aliphatic rings. The van der Waals surface area contributed by atoms with Gasteiger partial charge in [0.2, 0.25) is 0 Å². The predicted molar refractivity (Wildman–Crippen MR) is 217 cm³/mol. The summed E-state index contributed by atoms with van der Waals surface area (Å²) in [6.45, 7) is 12.1. The van der Waals surface area contributed by atoms with Crippen LogP contribution in [0.1, 0.15) is 69.0 Å². The summed E-state index contributed by atoms with van der Waals surface area (Å²) in [7, 11) is 1.49. The third-order valence-electron chi connectivity index (χ3n) is 9.60. The Labute approximate surface area is 329 Å². The first kappa shape index (κ1) is 42.3. The van der Waals surface area contributed by atoms with E-state index in [2.05, 4.69) is 22.3 Å². The third kappa shape index (κ3) is 9.24. The number of nitrogens with two attached hydrogens (primary N) is 1. The average molecular weight is 786 g/mol. The van der Waals surface area contributed by atoms with Crippen molar-refractivity contribution in [2.24, 2.45) is 0 Å². The molecule has 3 N–H and O–H groups in total. The van der Waals surface area contributed by atoms with Gasteiger partial charge in [0, 0.05) is 18.5 Å². The van der Waals surface area contributed by atoms with Crippen LogP contribution in [-0.4, -0.2) is 65.9 Å². The number of nitrogen functional groups attached to an aromatic ring is 1. The van der Waals surface area contributed by atoms with E-state index >= 15 is 0 Å². The van der Waals surface area contributed by atoms with Crippen molar-refractivity contribution in [3.63, 3.8) is 0 Å². The van der Waals surface area contributed by atoms with Crippen molar-refractivity contribution >= 4 is 14.3 Å². The molecule has 14 heteroatoms. The summed E-state index contributed by atoms with van der Waals surface area (Å²) in [5.74, 6) is 1.34. The number of nitriles is 1. The number of anilines is 1. The Hall–Kier alpha value is -4.80. The Morgan fingerprint density at radius 1 is 0.982 bits per heavy atom. The van der Waals surface area contributed by atoms with Crippen molar-refractivity contribution in [2.45, 2.75) is 83.1 Å². The van der Waals surface area contributed by atoms with Crippen LogP contribution >= 0.6 is 8.53 Å². The van der Waals surface area contributed by atoms with Crippen LogP contribution in [0.4, 0.5) is 5.82 Å². The van der Waals surface area contributed by atoms with Gasteiger partial charge in [-0.05, 0) is 75.1 Å². The number of nitrogens with one attached hydrogen (secondary N) is 1. The smallest absolute Gasteiger partial charge is 0.332 e. The first-order chi connectivity index (χ1) is 27.0. The molecule has 0 spiro atoms. The van der Waals surface area contributed by atoms with Crippen LogP contribution in [0.2, 0.25) is 0 Å². The Morgan fingerprint density at radius 3 is 2.07 bits per heavy atom. The van der Waals surface area contributed by atoms with Gasteiger partial charge in [0.1, 0.15) is 35.2 Å². The largest absolute Gasteiger partial charge is 0.497 e. The van der Waals surface area contributed by atoms with E-state index in [1.54, 1.807) is 20.3 Å². The molecule has 2 heterocycles. The van der Waals surface area contributed by atoms with Crippen molar-refractivity contribution in [3.05, 3.63) is 135 Å². The van der Waals surface area contributed by atoms with Crippen molar-refractivity contribution in [1.82, 2.24) is 14.2 Å². The molecule has 0 radical (unpaired) electrons. The van der Waals surface area contributed by atoms with Gasteiger partial charge in [-0.3, -0.25) is 9.78 Å². The Morgan fingerprint density at radius 2 is 1.55 bits per heavy atom. The quantitative estimate of drug-likeness (QED) is 0.0444. The second kappa shape index (κ2) is 19.4. The molecule has 56 heavy (non-hydrogen) atoms. The number of hydrogen-bond donors (Lipinski definition) is 2. The Balaban J connectivity index is 1.64. The molecule has 0 saturated carbocycles. The Kier molecular flexibility index (Phi) is 14.6. The monoisotopic (exact) mass is 785 g/mol. The number of methoxy groups -OCH3 is 2. The van der Waals surface area contributed by atoms with Gasteiger partial charge in [-0.2, -0.15) is 5.26 Å². The number of nitrogens with zero attached hydrogens (tertiary/aromatic N) is 3. The minimum Gasteiger partial charge on any atom is -0.497 e. The zero-order chi connectivity index (χ0) is 40.4. The molecule has 1 saturated heterocycles. The molecule has 13 nitrogen and oxygen atoms in total. The second-order valence-electron chi connectivity index (χ2n) is 13.9. The number of H-pyrrole nitrogens is 1. The van der Waals surface area contributed by atoms with E-state index < -0.39 is 43.8 Å². The van der Waals surface area contributed by atoms with Gasteiger partial charge in [0.15, 0.2) is 0 Å². The highest BCUT2D eigenvalue weighted by molar-refractivity contribution is 7.44. The molecule has 298 valence electrons. The normalized spacial score (nSPS) is 17.6. The Bertz CT molecular complexity index is 1990. The molecule has 1 aliphatic heterocycles. The molecular formula is C42H52N5O8P. The molecule has 4 aromatic rings. The number of benzene rings is 3. The van der Waals surface area contributed by atoms with E-state index in [1.807, 2.05) is 107 Å². The van der Waals surface area contributed by atoms with E-state index in [4.69, 9.17) is 33.7 Å². The third-order valence-corrected chi connectivity index (χ3v) is 11.8. The highest BCUT2D eigenvalue weighted by atomic mass is 31.2. The van der Waals surface area contributed by atoms with E-state index in [0.29, 0.717) is 11.5 Å². The van der Waals surface area contributed by atoms with Crippen LogP contribution in [0.25, 0.3) is 0 Å². The van der Waals surface area contributed by atoms with E-state index in [0.717, 1.165) is 21.3 Å². The van der Waals surface area contributed by atoms with E-state index in [9.17, 15) is 14.9 Å². The number of aromatic nitrogens is 2. The first-order valence-corrected chi connectivity index (χ1v) is 19.7. The molecule has 1 fully saturated rings. The van der Waals surface area contributed by atoms with Crippen LogP contribution in [-0.2, 0) is 30.5 Å². The fraction of sp³-hybridized carbons (Fsp3) is 0.405. The zero-order valence-electron chi connectivity index (χ0n) is 32.8. The average Bonchev–Trinajstić information content (AvgIpc) is 3.58. The molecule has 4 atom stereocenters. The van der Waals surface area contributed by atoms with E-state index in [1.165, 1.54) is 0 Å². The molecule has 0 aliphatic carbocycles. The van der Waals surface area contributed by atoms with Crippen molar-refractivity contribution in [1.29, 1.82) is 5.26 Å². The lowest BCUT2D eigenvalue weighted by molar-refractivity contribution is -0.0931. The maximum absolute atomic E-state index is 13.8. The molecule has 0 amide bonds. The van der Waals surface area contributed by atoms with Crippen molar-refractivity contribution in [2.75, 3.05) is 33.2 Å². The zero-order valence-corrected chi connectivity index (χ0v) is 33.7. The van der Waals surface area contributed by atoms with Crippen LogP contribution in [0, 0.1) is 11.3 Å². The van der Waals surface area contributed by atoms with Gasteiger partial charge in [-0.1, -0.05) is 60.7 Å². The predicted octanol–water partition coefficient (Wildman–Crippen LogP) is 6.82. The number of aromatic amines is 1. The summed E-state index contributed by atoms with van der Waals surface area (Å²) in [6, 6.07) is 27.4. The highest BCUT2D eigenvalue weighted by Crippen LogP contribution is 2.50. The van der Waals surface area contributed by atoms with Gasteiger partial charge < -0.3 is 33.7 Å². The molecule has 0 bridgehead atoms. The van der Waals surface area contributed by atoms with Crippen LogP contribution in [0.3, 0.4) is 0 Å². The van der Waals surface area contributed by atoms with Crippen LogP contribution in [0.15, 0.2) is 101 Å². The van der Waals surface area contributed by atoms with E-state index in [-0.39, 0.29) is 55.9 Å². The summed E-state index contributed by atoms with van der Waals surface area (Å²) in [5, 5.41) is 9.33. The molecular weight excluding hydrogens is 733 g/mol. The van der Waals surface area contributed by atoms with Crippen LogP contribution < -0.4 is 26.5 Å². The highest BCUT2D eigenvalue weighted by Gasteiger charge is 2.45. The van der Waals surface area contributed by atoms with Gasteiger partial charge in [-0.15, -0.1) is 6.58 Å². The maximum atomic E-state index is 13.8. The SMILES string of the molecule is C=CCc1c(N)[nH]c(=O)n([C@H]2C[C@H](OP(OCCC#N)N(C(C)C)C(C)C)[C@@H](COC(c3ccccc3)(c3ccc(OC)cc3)c3ccc(OC)cc3)O2)c1=O. The lowest BCUT2D eigenvalue weighted by Crippen LogP contribution is -2.41. The first-order valence-electron chi connectivity index (χ1n) is 18.6. The lowest BCUT2D eigenvalue weighted by Gasteiger charge is -2.39. The minimum atomic E-state index is -1.74. The van der Waals surface area contributed by atoms with Gasteiger partial charge in [0.05, 0.1) is 51.6 Å². The summed E-state index contributed by atoms with van der Waals surface area (Å²) >= 11 is 0.